The van der Waals surface area contributed by atoms with Gasteiger partial charge in [0.2, 0.25) is 0 Å². The molecule has 1 aromatic rings. The second-order valence-corrected chi connectivity index (χ2v) is 3.71. The third-order valence-corrected chi connectivity index (χ3v) is 2.66. The molecule has 1 aromatic carbocycles. The summed E-state index contributed by atoms with van der Waals surface area (Å²) in [6.07, 6.45) is 1.05. The molecule has 1 fully saturated rings. The Balaban J connectivity index is 2.18. The molecule has 2 N–H and O–H groups in total. The summed E-state index contributed by atoms with van der Waals surface area (Å²) in [5.74, 6) is -0.195. The van der Waals surface area contributed by atoms with Gasteiger partial charge in [0.25, 0.3) is 0 Å². The number of rotatable bonds is 1. The van der Waals surface area contributed by atoms with Gasteiger partial charge in [-0.1, -0.05) is 18.2 Å². The van der Waals surface area contributed by atoms with Crippen molar-refractivity contribution in [2.24, 2.45) is 0 Å². The predicted octanol–water partition coefficient (Wildman–Crippen LogP) is 1.61. The van der Waals surface area contributed by atoms with Crippen molar-refractivity contribution in [1.29, 1.82) is 0 Å². The number of aliphatic hydroxyl groups excluding tert-OH is 1. The van der Waals surface area contributed by atoms with E-state index in [1.165, 1.54) is 6.07 Å². The van der Waals surface area contributed by atoms with Crippen molar-refractivity contribution < 1.29 is 9.50 Å². The maximum Gasteiger partial charge on any atom is 0.127 e. The van der Waals surface area contributed by atoms with Crippen LogP contribution < -0.4 is 5.32 Å². The molecule has 2 nitrogen and oxygen atoms in total. The van der Waals surface area contributed by atoms with Gasteiger partial charge in [-0.15, -0.1) is 0 Å². The van der Waals surface area contributed by atoms with Crippen LogP contribution >= 0.6 is 0 Å². The zero-order chi connectivity index (χ0) is 9.97. The lowest BCUT2D eigenvalue weighted by molar-refractivity contribution is 0.116. The average molecular weight is 195 g/mol. The molecule has 2 rings (SSSR count). The number of nitrogens with one attached hydrogen (secondary N) is 1. The first-order chi connectivity index (χ1) is 6.77. The molecule has 0 bridgehead atoms. The average Bonchev–Trinajstić information content (AvgIpc) is 2.18. The number of aliphatic hydroxyl groups is 1. The largest absolute Gasteiger partial charge is 0.393 e. The Morgan fingerprint density at radius 3 is 2.86 bits per heavy atom. The van der Waals surface area contributed by atoms with Crippen LogP contribution in [0.3, 0.4) is 0 Å². The van der Waals surface area contributed by atoms with Gasteiger partial charge in [0.1, 0.15) is 5.82 Å². The molecule has 1 aliphatic heterocycles. The molecule has 14 heavy (non-hydrogen) atoms. The fourth-order valence-corrected chi connectivity index (χ4v) is 1.89. The summed E-state index contributed by atoms with van der Waals surface area (Å²) in [6.45, 7) is 0.750. The molecule has 1 aliphatic rings. The lowest BCUT2D eigenvalue weighted by Crippen LogP contribution is -2.34. The van der Waals surface area contributed by atoms with Gasteiger partial charge in [-0.3, -0.25) is 0 Å². The van der Waals surface area contributed by atoms with Crippen LogP contribution in [0.5, 0.6) is 0 Å². The number of halogens is 1. The van der Waals surface area contributed by atoms with Crippen molar-refractivity contribution in [1.82, 2.24) is 5.32 Å². The van der Waals surface area contributed by atoms with Crippen molar-refractivity contribution in [2.45, 2.75) is 25.0 Å². The van der Waals surface area contributed by atoms with Gasteiger partial charge in [0.05, 0.1) is 6.10 Å². The molecule has 2 unspecified atom stereocenters. The molecule has 0 spiro atoms. The molecule has 3 heteroatoms. The van der Waals surface area contributed by atoms with Gasteiger partial charge in [-0.05, 0) is 25.5 Å². The van der Waals surface area contributed by atoms with Crippen molar-refractivity contribution in [3.63, 3.8) is 0 Å². The quantitative estimate of drug-likeness (QED) is 0.713. The maximum absolute atomic E-state index is 13.4. The van der Waals surface area contributed by atoms with E-state index in [0.29, 0.717) is 12.0 Å². The van der Waals surface area contributed by atoms with E-state index < -0.39 is 0 Å². The Bertz CT molecular complexity index is 316. The molecule has 76 valence electrons. The van der Waals surface area contributed by atoms with E-state index in [4.69, 9.17) is 0 Å². The minimum Gasteiger partial charge on any atom is -0.393 e. The van der Waals surface area contributed by atoms with Crippen molar-refractivity contribution >= 4 is 0 Å². The SMILES string of the molecule is OC1CCNC(c2ccccc2F)C1. The van der Waals surface area contributed by atoms with Gasteiger partial charge < -0.3 is 10.4 Å². The van der Waals surface area contributed by atoms with Crippen LogP contribution in [-0.2, 0) is 0 Å². The molecule has 1 saturated heterocycles. The number of piperidine rings is 1. The highest BCUT2D eigenvalue weighted by atomic mass is 19.1. The first-order valence-corrected chi connectivity index (χ1v) is 4.93. The normalized spacial score (nSPS) is 27.6. The van der Waals surface area contributed by atoms with Gasteiger partial charge >= 0.3 is 0 Å². The fourth-order valence-electron chi connectivity index (χ4n) is 1.89. The highest BCUT2D eigenvalue weighted by Gasteiger charge is 2.22. The van der Waals surface area contributed by atoms with Crippen LogP contribution in [-0.4, -0.2) is 17.8 Å². The third-order valence-electron chi connectivity index (χ3n) is 2.66. The van der Waals surface area contributed by atoms with Gasteiger partial charge in [-0.25, -0.2) is 4.39 Å². The molecular formula is C11H14FNO. The molecule has 2 atom stereocenters. The van der Waals surface area contributed by atoms with E-state index in [2.05, 4.69) is 5.32 Å². The van der Waals surface area contributed by atoms with Crippen LogP contribution in [0.4, 0.5) is 4.39 Å². The summed E-state index contributed by atoms with van der Waals surface area (Å²) < 4.78 is 13.4. The first kappa shape index (κ1) is 9.62. The number of hydrogen-bond acceptors (Lipinski definition) is 2. The summed E-state index contributed by atoms with van der Waals surface area (Å²) in [5, 5.41) is 12.7. The summed E-state index contributed by atoms with van der Waals surface area (Å²) >= 11 is 0. The Morgan fingerprint density at radius 1 is 1.36 bits per heavy atom. The minimum absolute atomic E-state index is 0.0417. The second kappa shape index (κ2) is 4.07. The van der Waals surface area contributed by atoms with Crippen LogP contribution in [0.1, 0.15) is 24.4 Å². The molecule has 0 amide bonds. The Labute approximate surface area is 82.8 Å². The summed E-state index contributed by atoms with van der Waals surface area (Å²) in [6, 6.07) is 6.68. The monoisotopic (exact) mass is 195 g/mol. The molecule has 1 heterocycles. The van der Waals surface area contributed by atoms with E-state index in [1.54, 1.807) is 12.1 Å². The van der Waals surface area contributed by atoms with Crippen LogP contribution in [0.15, 0.2) is 24.3 Å². The first-order valence-electron chi connectivity index (χ1n) is 4.93. The Morgan fingerprint density at radius 2 is 2.14 bits per heavy atom. The van der Waals surface area contributed by atoms with E-state index in [-0.39, 0.29) is 18.0 Å². The topological polar surface area (TPSA) is 32.3 Å². The van der Waals surface area contributed by atoms with Crippen LogP contribution in [0.2, 0.25) is 0 Å². The predicted molar refractivity (Wildman–Crippen MR) is 52.4 cm³/mol. The zero-order valence-electron chi connectivity index (χ0n) is 7.91. The summed E-state index contributed by atoms with van der Waals surface area (Å²) in [4.78, 5) is 0. The van der Waals surface area contributed by atoms with Crippen molar-refractivity contribution in [3.8, 4) is 0 Å². The summed E-state index contributed by atoms with van der Waals surface area (Å²) in [7, 11) is 0. The van der Waals surface area contributed by atoms with E-state index in [1.807, 2.05) is 6.07 Å². The van der Waals surface area contributed by atoms with E-state index in [9.17, 15) is 9.50 Å². The molecular weight excluding hydrogens is 181 g/mol. The molecule has 0 aliphatic carbocycles. The van der Waals surface area contributed by atoms with Crippen LogP contribution in [0.25, 0.3) is 0 Å². The third kappa shape index (κ3) is 1.94. The second-order valence-electron chi connectivity index (χ2n) is 3.71. The zero-order valence-corrected chi connectivity index (χ0v) is 7.91. The standard InChI is InChI=1S/C11H14FNO/c12-10-4-2-1-3-9(10)11-7-8(14)5-6-13-11/h1-4,8,11,13-14H,5-7H2. The highest BCUT2D eigenvalue weighted by Crippen LogP contribution is 2.24. The van der Waals surface area contributed by atoms with Gasteiger partial charge in [0, 0.05) is 11.6 Å². The van der Waals surface area contributed by atoms with Crippen molar-refractivity contribution in [2.75, 3.05) is 6.54 Å². The molecule has 0 aromatic heterocycles. The number of hydrogen-bond donors (Lipinski definition) is 2. The smallest absolute Gasteiger partial charge is 0.127 e. The highest BCUT2D eigenvalue weighted by molar-refractivity contribution is 5.21. The van der Waals surface area contributed by atoms with Gasteiger partial charge in [0.15, 0.2) is 0 Å². The summed E-state index contributed by atoms with van der Waals surface area (Å²) in [5.41, 5.74) is 0.659. The Kier molecular flexibility index (Phi) is 2.79. The van der Waals surface area contributed by atoms with Crippen LogP contribution in [0, 0.1) is 5.82 Å². The van der Waals surface area contributed by atoms with E-state index in [0.717, 1.165) is 13.0 Å². The molecule has 0 radical (unpaired) electrons. The van der Waals surface area contributed by atoms with Crippen molar-refractivity contribution in [3.05, 3.63) is 35.6 Å². The molecule has 0 saturated carbocycles. The Hall–Kier alpha value is -0.930. The number of benzene rings is 1. The lowest BCUT2D eigenvalue weighted by atomic mass is 9.95. The lowest BCUT2D eigenvalue weighted by Gasteiger charge is -2.27. The van der Waals surface area contributed by atoms with Gasteiger partial charge in [-0.2, -0.15) is 0 Å². The minimum atomic E-state index is -0.305. The fraction of sp³-hybridized carbons (Fsp3) is 0.455. The van der Waals surface area contributed by atoms with E-state index >= 15 is 0 Å². The maximum atomic E-state index is 13.4.